The minimum absolute atomic E-state index is 0.866. The summed E-state index contributed by atoms with van der Waals surface area (Å²) in [5.74, 6) is 0.866. The van der Waals surface area contributed by atoms with Gasteiger partial charge in [-0.2, -0.15) is 0 Å². The fraction of sp³-hybridized carbons (Fsp3) is 0.316. The van der Waals surface area contributed by atoms with Crippen LogP contribution in [0.4, 0.5) is 0 Å². The molecule has 0 spiro atoms. The van der Waals surface area contributed by atoms with Crippen molar-refractivity contribution in [1.29, 1.82) is 0 Å². The molecule has 0 N–H and O–H groups in total. The lowest BCUT2D eigenvalue weighted by molar-refractivity contribution is 0.415. The van der Waals surface area contributed by atoms with Crippen molar-refractivity contribution < 1.29 is 4.74 Å². The molecule has 0 atom stereocenters. The van der Waals surface area contributed by atoms with E-state index >= 15 is 0 Å². The van der Waals surface area contributed by atoms with Crippen LogP contribution < -0.4 is 4.74 Å². The summed E-state index contributed by atoms with van der Waals surface area (Å²) in [6, 6.07) is 12.1. The molecule has 1 aromatic carbocycles. The summed E-state index contributed by atoms with van der Waals surface area (Å²) in [6.07, 6.45) is 11.3. The van der Waals surface area contributed by atoms with Crippen molar-refractivity contribution in [3.8, 4) is 17.0 Å². The summed E-state index contributed by atoms with van der Waals surface area (Å²) in [5.41, 5.74) is 3.25. The van der Waals surface area contributed by atoms with Gasteiger partial charge in [-0.3, -0.25) is 4.98 Å². The number of unbranched alkanes of at least 4 members (excludes halogenated alkanes) is 3. The molecule has 21 heavy (non-hydrogen) atoms. The highest BCUT2D eigenvalue weighted by molar-refractivity contribution is 5.61. The predicted molar refractivity (Wildman–Crippen MR) is 89.4 cm³/mol. The van der Waals surface area contributed by atoms with Gasteiger partial charge in [0.2, 0.25) is 0 Å². The van der Waals surface area contributed by atoms with E-state index < -0.39 is 0 Å². The van der Waals surface area contributed by atoms with Crippen molar-refractivity contribution in [2.24, 2.45) is 0 Å². The summed E-state index contributed by atoms with van der Waals surface area (Å²) in [7, 11) is 1.68. The van der Waals surface area contributed by atoms with Gasteiger partial charge in [0, 0.05) is 11.8 Å². The number of hydrogen-bond acceptors (Lipinski definition) is 2. The highest BCUT2D eigenvalue weighted by Gasteiger charge is 1.99. The topological polar surface area (TPSA) is 22.1 Å². The van der Waals surface area contributed by atoms with Crippen LogP contribution in [0.3, 0.4) is 0 Å². The third-order valence-electron chi connectivity index (χ3n) is 3.46. The second-order valence-electron chi connectivity index (χ2n) is 5.10. The Labute approximate surface area is 127 Å². The second-order valence-corrected chi connectivity index (χ2v) is 5.10. The number of rotatable bonds is 7. The molecule has 0 aliphatic rings. The Hall–Kier alpha value is -2.09. The number of nitrogens with zero attached hydrogens (tertiary/aromatic N) is 1. The summed E-state index contributed by atoms with van der Waals surface area (Å²) in [5, 5.41) is 0. The van der Waals surface area contributed by atoms with Gasteiger partial charge < -0.3 is 4.74 Å². The van der Waals surface area contributed by atoms with E-state index in [-0.39, 0.29) is 0 Å². The molecule has 2 rings (SSSR count). The van der Waals surface area contributed by atoms with Crippen molar-refractivity contribution in [2.45, 2.75) is 32.6 Å². The third kappa shape index (κ3) is 4.75. The molecule has 110 valence electrons. The number of aromatic nitrogens is 1. The minimum atomic E-state index is 0.866. The average molecular weight is 281 g/mol. The first-order valence-corrected chi connectivity index (χ1v) is 7.60. The van der Waals surface area contributed by atoms with Gasteiger partial charge in [-0.05, 0) is 48.7 Å². The van der Waals surface area contributed by atoms with E-state index in [1.54, 1.807) is 7.11 Å². The van der Waals surface area contributed by atoms with E-state index in [0.717, 1.165) is 29.0 Å². The van der Waals surface area contributed by atoms with Crippen LogP contribution in [0.5, 0.6) is 5.75 Å². The van der Waals surface area contributed by atoms with Crippen molar-refractivity contribution in [1.82, 2.24) is 4.98 Å². The van der Waals surface area contributed by atoms with Crippen LogP contribution >= 0.6 is 0 Å². The highest BCUT2D eigenvalue weighted by Crippen LogP contribution is 2.20. The lowest BCUT2D eigenvalue weighted by Gasteiger charge is -2.03. The summed E-state index contributed by atoms with van der Waals surface area (Å²) < 4.78 is 5.17. The van der Waals surface area contributed by atoms with Crippen molar-refractivity contribution in [3.63, 3.8) is 0 Å². The molecule has 0 saturated heterocycles. The van der Waals surface area contributed by atoms with Crippen molar-refractivity contribution in [3.05, 3.63) is 54.2 Å². The Morgan fingerprint density at radius 2 is 1.86 bits per heavy atom. The van der Waals surface area contributed by atoms with E-state index in [2.05, 4.69) is 36.2 Å². The van der Waals surface area contributed by atoms with Gasteiger partial charge in [-0.1, -0.05) is 38.0 Å². The minimum Gasteiger partial charge on any atom is -0.497 e. The van der Waals surface area contributed by atoms with Gasteiger partial charge in [-0.25, -0.2) is 0 Å². The van der Waals surface area contributed by atoms with E-state index in [4.69, 9.17) is 4.74 Å². The predicted octanol–water partition coefficient (Wildman–Crippen LogP) is 5.35. The van der Waals surface area contributed by atoms with Crippen LogP contribution in [0.25, 0.3) is 17.3 Å². The Morgan fingerprint density at radius 3 is 2.48 bits per heavy atom. The fourth-order valence-electron chi connectivity index (χ4n) is 2.17. The Morgan fingerprint density at radius 1 is 1.05 bits per heavy atom. The van der Waals surface area contributed by atoms with Gasteiger partial charge in [0.1, 0.15) is 5.75 Å². The zero-order valence-corrected chi connectivity index (χ0v) is 12.9. The molecule has 0 fully saturated rings. The normalized spacial score (nSPS) is 11.0. The van der Waals surface area contributed by atoms with E-state index in [1.165, 1.54) is 19.3 Å². The first-order chi connectivity index (χ1) is 10.3. The zero-order chi connectivity index (χ0) is 14.9. The summed E-state index contributed by atoms with van der Waals surface area (Å²) in [4.78, 5) is 4.53. The zero-order valence-electron chi connectivity index (χ0n) is 12.9. The molecule has 1 aromatic heterocycles. The number of pyridine rings is 1. The monoisotopic (exact) mass is 281 g/mol. The van der Waals surface area contributed by atoms with Crippen LogP contribution in [-0.2, 0) is 0 Å². The molecule has 0 aliphatic heterocycles. The Bertz CT molecular complexity index is 555. The number of ether oxygens (including phenoxy) is 1. The molecule has 0 amide bonds. The van der Waals surface area contributed by atoms with Gasteiger partial charge in [0.05, 0.1) is 12.8 Å². The van der Waals surface area contributed by atoms with Gasteiger partial charge in [0.15, 0.2) is 0 Å². The summed E-state index contributed by atoms with van der Waals surface area (Å²) >= 11 is 0. The van der Waals surface area contributed by atoms with Crippen LogP contribution in [-0.4, -0.2) is 12.1 Å². The first-order valence-electron chi connectivity index (χ1n) is 7.60. The first kappa shape index (κ1) is 15.3. The fourth-order valence-corrected chi connectivity index (χ4v) is 2.17. The number of allylic oxidation sites excluding steroid dienone is 1. The molecule has 0 bridgehead atoms. The molecule has 2 nitrogen and oxygen atoms in total. The third-order valence-corrected chi connectivity index (χ3v) is 3.46. The SMILES string of the molecule is CCCCC/C=C/c1ccc(-c2ccc(OC)cc2)nc1. The maximum absolute atomic E-state index is 5.17. The van der Waals surface area contributed by atoms with Crippen LogP contribution in [0.2, 0.25) is 0 Å². The second kappa shape index (κ2) is 8.25. The largest absolute Gasteiger partial charge is 0.497 e. The Balaban J connectivity index is 1.97. The van der Waals surface area contributed by atoms with E-state index in [9.17, 15) is 0 Å². The van der Waals surface area contributed by atoms with E-state index in [0.29, 0.717) is 0 Å². The van der Waals surface area contributed by atoms with Crippen molar-refractivity contribution in [2.75, 3.05) is 7.11 Å². The molecular formula is C19H23NO. The summed E-state index contributed by atoms with van der Waals surface area (Å²) in [6.45, 7) is 2.23. The molecule has 1 heterocycles. The van der Waals surface area contributed by atoms with E-state index in [1.807, 2.05) is 30.5 Å². The van der Waals surface area contributed by atoms with Crippen LogP contribution in [0.1, 0.15) is 38.2 Å². The van der Waals surface area contributed by atoms with Crippen LogP contribution in [0, 0.1) is 0 Å². The number of benzene rings is 1. The molecule has 0 aliphatic carbocycles. The maximum Gasteiger partial charge on any atom is 0.118 e. The molecular weight excluding hydrogens is 258 g/mol. The quantitative estimate of drug-likeness (QED) is 0.638. The van der Waals surface area contributed by atoms with Gasteiger partial charge >= 0.3 is 0 Å². The number of hydrogen-bond donors (Lipinski definition) is 0. The molecule has 2 aromatic rings. The highest BCUT2D eigenvalue weighted by atomic mass is 16.5. The van der Waals surface area contributed by atoms with Gasteiger partial charge in [-0.15, -0.1) is 0 Å². The van der Waals surface area contributed by atoms with Crippen LogP contribution in [0.15, 0.2) is 48.7 Å². The molecule has 0 unspecified atom stereocenters. The standard InChI is InChI=1S/C19H23NO/c1-3-4-5-6-7-8-16-9-14-19(20-15-16)17-10-12-18(21-2)13-11-17/h7-15H,3-6H2,1-2H3/b8-7+. The molecule has 0 saturated carbocycles. The number of methoxy groups -OCH3 is 1. The molecule has 0 radical (unpaired) electrons. The average Bonchev–Trinajstić information content (AvgIpc) is 2.55. The maximum atomic E-state index is 5.17. The smallest absolute Gasteiger partial charge is 0.118 e. The lowest BCUT2D eigenvalue weighted by Crippen LogP contribution is -1.86. The van der Waals surface area contributed by atoms with Crippen molar-refractivity contribution >= 4 is 6.08 Å². The van der Waals surface area contributed by atoms with Gasteiger partial charge in [0.25, 0.3) is 0 Å². The molecule has 2 heteroatoms. The lowest BCUT2D eigenvalue weighted by atomic mass is 10.1. The Kier molecular flexibility index (Phi) is 6.01.